The Morgan fingerprint density at radius 3 is 1.00 bits per heavy atom. The summed E-state index contributed by atoms with van der Waals surface area (Å²) in [5.41, 5.74) is 0. The van der Waals surface area contributed by atoms with Crippen molar-refractivity contribution in [3.8, 4) is 0 Å². The van der Waals surface area contributed by atoms with Crippen LogP contribution in [0.4, 0.5) is 0 Å². The monoisotopic (exact) mass is 1320 g/mol. The van der Waals surface area contributed by atoms with E-state index in [0.29, 0.717) is 17.4 Å². The molecule has 0 aromatic rings. The summed E-state index contributed by atoms with van der Waals surface area (Å²) in [5.74, 6) is -0.208. The van der Waals surface area contributed by atoms with Crippen molar-refractivity contribution in [2.24, 2.45) is 0 Å². The number of nitrogens with zero attached hydrogens (tertiary/aromatic N) is 1. The van der Waals surface area contributed by atoms with Gasteiger partial charge in [-0.15, -0.1) is 0 Å². The molecule has 0 saturated carbocycles. The van der Waals surface area contributed by atoms with Crippen molar-refractivity contribution >= 4 is 13.7 Å². The number of hydrogen-bond donors (Lipinski definition) is 2. The van der Waals surface area contributed by atoms with E-state index in [1.165, 1.54) is 263 Å². The number of quaternary nitrogens is 1. The fourth-order valence-electron chi connectivity index (χ4n) is 11.6. The van der Waals surface area contributed by atoms with Gasteiger partial charge in [0.05, 0.1) is 39.9 Å². The van der Waals surface area contributed by atoms with Gasteiger partial charge in [0, 0.05) is 6.42 Å². The van der Waals surface area contributed by atoms with Crippen LogP contribution in [0.3, 0.4) is 0 Å². The Balaban J connectivity index is 4.03. The minimum atomic E-state index is -4.62. The van der Waals surface area contributed by atoms with Crippen molar-refractivity contribution in [2.75, 3.05) is 40.9 Å². The molecule has 0 aliphatic heterocycles. The van der Waals surface area contributed by atoms with Crippen molar-refractivity contribution in [2.45, 2.75) is 379 Å². The summed E-state index contributed by atoms with van der Waals surface area (Å²) in [6.07, 6.45) is 108. The Hall–Kier alpha value is -2.84. The molecule has 2 N–H and O–H groups in total. The molecule has 540 valence electrons. The SMILES string of the molecule is CC/C=C\C/C=C\C/C=C\C/C=C\C/C=C\C/C=C\CCCCCCCCCCCCCCCCCCCCCCC(=O)NC(COP(=O)([O-])OCC[N+](C)(C)C)C(O)/C=C/CC/C=C/CC/C=C/CCCCCCCCCCCCCCCCCCCCCCCC. The van der Waals surface area contributed by atoms with Crippen LogP contribution >= 0.6 is 7.82 Å². The molecule has 3 atom stereocenters. The Kier molecular flexibility index (Phi) is 71.2. The maximum absolute atomic E-state index is 13.1. The van der Waals surface area contributed by atoms with Crippen LogP contribution in [0.1, 0.15) is 367 Å². The van der Waals surface area contributed by atoms with Gasteiger partial charge in [0.25, 0.3) is 7.82 Å². The molecular formula is C84H153N2O6P. The van der Waals surface area contributed by atoms with Crippen LogP contribution < -0.4 is 10.2 Å². The van der Waals surface area contributed by atoms with E-state index in [4.69, 9.17) is 9.05 Å². The number of carbonyl (C=O) groups excluding carboxylic acids is 1. The predicted octanol–water partition coefficient (Wildman–Crippen LogP) is 25.5. The Morgan fingerprint density at radius 2 is 0.667 bits per heavy atom. The first-order valence-corrected chi connectivity index (χ1v) is 41.2. The zero-order valence-electron chi connectivity index (χ0n) is 61.9. The Bertz CT molecular complexity index is 1890. The zero-order valence-corrected chi connectivity index (χ0v) is 62.8. The molecule has 0 radical (unpaired) electrons. The number of unbranched alkanes of at least 4 members (excludes halogenated alkanes) is 44. The fraction of sp³-hybridized carbons (Fsp3) is 0.774. The van der Waals surface area contributed by atoms with E-state index in [2.05, 4.69) is 116 Å². The minimum Gasteiger partial charge on any atom is -0.756 e. The molecular weight excluding hydrogens is 1160 g/mol. The third kappa shape index (κ3) is 76.4. The lowest BCUT2D eigenvalue weighted by Crippen LogP contribution is -2.45. The molecule has 0 aromatic carbocycles. The van der Waals surface area contributed by atoms with Crippen molar-refractivity contribution in [3.63, 3.8) is 0 Å². The van der Waals surface area contributed by atoms with Crippen molar-refractivity contribution < 1.29 is 32.9 Å². The van der Waals surface area contributed by atoms with E-state index in [-0.39, 0.29) is 12.5 Å². The molecule has 0 aliphatic carbocycles. The van der Waals surface area contributed by atoms with Crippen molar-refractivity contribution in [1.29, 1.82) is 0 Å². The zero-order chi connectivity index (χ0) is 67.6. The summed E-state index contributed by atoms with van der Waals surface area (Å²) < 4.78 is 23.5. The summed E-state index contributed by atoms with van der Waals surface area (Å²) in [5, 5.41) is 14.0. The lowest BCUT2D eigenvalue weighted by Gasteiger charge is -2.29. The second-order valence-corrected chi connectivity index (χ2v) is 29.4. The topological polar surface area (TPSA) is 108 Å². The van der Waals surface area contributed by atoms with Gasteiger partial charge >= 0.3 is 0 Å². The molecule has 0 aromatic heterocycles. The molecule has 3 unspecified atom stereocenters. The lowest BCUT2D eigenvalue weighted by atomic mass is 10.0. The average Bonchev–Trinajstić information content (AvgIpc) is 1.94. The molecule has 8 nitrogen and oxygen atoms in total. The number of carbonyl (C=O) groups is 1. The van der Waals surface area contributed by atoms with Gasteiger partial charge in [-0.3, -0.25) is 9.36 Å². The average molecular weight is 1320 g/mol. The van der Waals surface area contributed by atoms with Gasteiger partial charge in [0.2, 0.25) is 5.91 Å². The van der Waals surface area contributed by atoms with Crippen LogP contribution in [-0.2, 0) is 18.4 Å². The van der Waals surface area contributed by atoms with Gasteiger partial charge in [0.15, 0.2) is 0 Å². The molecule has 0 saturated heterocycles. The largest absolute Gasteiger partial charge is 0.756 e. The summed E-state index contributed by atoms with van der Waals surface area (Å²) in [6.45, 7) is 4.55. The second kappa shape index (κ2) is 73.4. The van der Waals surface area contributed by atoms with Gasteiger partial charge in [-0.2, -0.15) is 0 Å². The summed E-state index contributed by atoms with van der Waals surface area (Å²) in [7, 11) is 1.24. The summed E-state index contributed by atoms with van der Waals surface area (Å²) in [4.78, 5) is 25.7. The van der Waals surface area contributed by atoms with Gasteiger partial charge < -0.3 is 28.8 Å². The number of nitrogens with one attached hydrogen (secondary N) is 1. The first kappa shape index (κ1) is 90.2. The molecule has 0 spiro atoms. The van der Waals surface area contributed by atoms with E-state index in [9.17, 15) is 19.4 Å². The van der Waals surface area contributed by atoms with Crippen LogP contribution in [0.2, 0.25) is 0 Å². The molecule has 93 heavy (non-hydrogen) atoms. The smallest absolute Gasteiger partial charge is 0.268 e. The molecule has 0 bridgehead atoms. The van der Waals surface area contributed by atoms with Crippen LogP contribution in [0.5, 0.6) is 0 Å². The van der Waals surface area contributed by atoms with E-state index in [1.807, 2.05) is 27.2 Å². The highest BCUT2D eigenvalue weighted by atomic mass is 31.2. The van der Waals surface area contributed by atoms with Gasteiger partial charge in [0.1, 0.15) is 13.2 Å². The molecule has 0 rings (SSSR count). The van der Waals surface area contributed by atoms with E-state index >= 15 is 0 Å². The Labute approximate surface area is 578 Å². The Morgan fingerprint density at radius 1 is 0.387 bits per heavy atom. The number of rotatable bonds is 73. The minimum absolute atomic E-state index is 0.0111. The normalized spacial score (nSPS) is 14.1. The summed E-state index contributed by atoms with van der Waals surface area (Å²) >= 11 is 0. The van der Waals surface area contributed by atoms with Gasteiger partial charge in [-0.1, -0.05) is 374 Å². The highest BCUT2D eigenvalue weighted by Gasteiger charge is 2.23. The third-order valence-corrected chi connectivity index (χ3v) is 18.7. The highest BCUT2D eigenvalue weighted by molar-refractivity contribution is 7.45. The highest BCUT2D eigenvalue weighted by Crippen LogP contribution is 2.38. The maximum atomic E-state index is 13.1. The first-order valence-electron chi connectivity index (χ1n) is 39.7. The fourth-order valence-corrected chi connectivity index (χ4v) is 12.3. The molecule has 0 fully saturated rings. The molecule has 0 aliphatic rings. The lowest BCUT2D eigenvalue weighted by molar-refractivity contribution is -0.870. The van der Waals surface area contributed by atoms with Crippen LogP contribution in [0, 0.1) is 0 Å². The van der Waals surface area contributed by atoms with Gasteiger partial charge in [-0.25, -0.2) is 0 Å². The van der Waals surface area contributed by atoms with E-state index in [1.54, 1.807) is 6.08 Å². The summed E-state index contributed by atoms with van der Waals surface area (Å²) in [6, 6.07) is -0.916. The van der Waals surface area contributed by atoms with Crippen LogP contribution in [0.25, 0.3) is 0 Å². The number of aliphatic hydroxyl groups excluding tert-OH is 1. The predicted molar refractivity (Wildman–Crippen MR) is 408 cm³/mol. The van der Waals surface area contributed by atoms with Gasteiger partial charge in [-0.05, 0) is 96.3 Å². The number of likely N-dealkylation sites (N-methyl/N-ethyl adjacent to an activating group) is 1. The maximum Gasteiger partial charge on any atom is 0.268 e. The third-order valence-electron chi connectivity index (χ3n) is 17.7. The number of phosphoric acid groups is 1. The number of hydrogen-bond acceptors (Lipinski definition) is 6. The quantitative estimate of drug-likeness (QED) is 0.0272. The van der Waals surface area contributed by atoms with Crippen LogP contribution in [0.15, 0.2) is 109 Å². The number of aliphatic hydroxyl groups is 1. The number of amides is 1. The first-order chi connectivity index (χ1) is 45.5. The molecule has 1 amide bonds. The van der Waals surface area contributed by atoms with E-state index < -0.39 is 26.6 Å². The molecule has 9 heteroatoms. The molecule has 0 heterocycles. The number of phosphoric ester groups is 1. The van der Waals surface area contributed by atoms with Crippen LogP contribution in [-0.4, -0.2) is 68.5 Å². The van der Waals surface area contributed by atoms with Crippen molar-refractivity contribution in [1.82, 2.24) is 5.32 Å². The number of allylic oxidation sites excluding steroid dienone is 17. The second-order valence-electron chi connectivity index (χ2n) is 28.0. The standard InChI is InChI=1S/C84H153N2O6P/c1-6-8-10-12-14-16-18-20-22-24-26-28-30-32-34-36-38-40-41-42-43-44-45-46-48-50-52-54-56-58-60-62-64-66-68-70-72-74-76-78-84(88)85-82(81-92-93(89,90)91-80-79-86(3,4)5)83(87)77-75-73-71-69-67-65-63-61-59-57-55-53-51-49-47-39-37-35-33-31-29-27-25-23-21-19-17-15-13-11-9-7-2/h8,10,14,16,20,22,26,28,32,34,38,40,59,61,67,69,75,77,82-83,87H,6-7,9,11-13,15,17-19,21,23-25,27,29-31,33,35-37,39,41-58,60,62-66,68,70-74,76,78-81H2,1-5H3,(H-,85,88,89,90)/b10-8-,16-14-,22-20-,28-26-,34-32-,40-38-,61-59+,69-67+,77-75+. The van der Waals surface area contributed by atoms with E-state index in [0.717, 1.165) is 83.5 Å². The van der Waals surface area contributed by atoms with Crippen molar-refractivity contribution in [3.05, 3.63) is 109 Å².